The van der Waals surface area contributed by atoms with E-state index >= 15 is 0 Å². The molecule has 3 aromatic rings. The summed E-state index contributed by atoms with van der Waals surface area (Å²) in [6, 6.07) is 11.7. The van der Waals surface area contributed by atoms with Gasteiger partial charge in [0, 0.05) is 33.6 Å². The zero-order valence-electron chi connectivity index (χ0n) is 15.8. The fourth-order valence-electron chi connectivity index (χ4n) is 2.99. The summed E-state index contributed by atoms with van der Waals surface area (Å²) in [5.74, 6) is 0.759. The Kier molecular flexibility index (Phi) is 7.30. The second kappa shape index (κ2) is 9.70. The van der Waals surface area contributed by atoms with Crippen molar-refractivity contribution in [2.75, 3.05) is 19.0 Å². The van der Waals surface area contributed by atoms with Gasteiger partial charge < -0.3 is 15.8 Å². The zero-order chi connectivity index (χ0) is 20.1. The predicted octanol–water partition coefficient (Wildman–Crippen LogP) is 6.24. The normalized spacial score (nSPS) is 12.2. The number of fused-ring (bicyclic) bond motifs is 1. The Hall–Kier alpha value is -1.66. The molecule has 3 N–H and O–H groups in total. The van der Waals surface area contributed by atoms with E-state index in [1.807, 2.05) is 24.3 Å². The van der Waals surface area contributed by atoms with Gasteiger partial charge in [0.25, 0.3) is 0 Å². The van der Waals surface area contributed by atoms with Crippen molar-refractivity contribution < 1.29 is 4.74 Å². The Balaban J connectivity index is 2.06. The maximum absolute atomic E-state index is 6.38. The molecule has 0 fully saturated rings. The Labute approximate surface area is 179 Å². The van der Waals surface area contributed by atoms with E-state index in [1.165, 1.54) is 11.8 Å². The van der Waals surface area contributed by atoms with Crippen LogP contribution in [0.1, 0.15) is 19.8 Å². The molecular formula is C21H23Cl2N3OS. The summed E-state index contributed by atoms with van der Waals surface area (Å²) in [5.41, 5.74) is 7.47. The lowest BCUT2D eigenvalue weighted by atomic mass is 10.1. The van der Waals surface area contributed by atoms with Gasteiger partial charge in [-0.3, -0.25) is 4.98 Å². The molecule has 28 heavy (non-hydrogen) atoms. The summed E-state index contributed by atoms with van der Waals surface area (Å²) in [4.78, 5) is 6.44. The van der Waals surface area contributed by atoms with Gasteiger partial charge in [-0.1, -0.05) is 35.0 Å². The summed E-state index contributed by atoms with van der Waals surface area (Å²) in [7, 11) is 1.67. The van der Waals surface area contributed by atoms with E-state index < -0.39 is 0 Å². The van der Waals surface area contributed by atoms with Crippen LogP contribution in [0.5, 0.6) is 5.75 Å². The topological polar surface area (TPSA) is 60.2 Å². The molecule has 1 atom stereocenters. The average Bonchev–Trinajstić information content (AvgIpc) is 2.70. The van der Waals surface area contributed by atoms with E-state index in [0.717, 1.165) is 45.0 Å². The van der Waals surface area contributed by atoms with Gasteiger partial charge in [-0.2, -0.15) is 0 Å². The van der Waals surface area contributed by atoms with Gasteiger partial charge in [-0.25, -0.2) is 0 Å². The molecule has 2 aromatic carbocycles. The van der Waals surface area contributed by atoms with Crippen molar-refractivity contribution >= 4 is 51.6 Å². The number of rotatable bonds is 8. The first-order valence-corrected chi connectivity index (χ1v) is 10.7. The van der Waals surface area contributed by atoms with Crippen LogP contribution in [0.2, 0.25) is 10.0 Å². The number of halogens is 2. The Bertz CT molecular complexity index is 968. The minimum atomic E-state index is 0.277. The number of aromatic nitrogens is 1. The van der Waals surface area contributed by atoms with Gasteiger partial charge in [0.05, 0.1) is 28.2 Å². The number of pyridine rings is 1. The summed E-state index contributed by atoms with van der Waals surface area (Å²) >= 11 is 14.1. The molecule has 0 aliphatic heterocycles. The maximum atomic E-state index is 6.38. The molecule has 0 saturated carbocycles. The van der Waals surface area contributed by atoms with Crippen molar-refractivity contribution in [1.82, 2.24) is 4.98 Å². The van der Waals surface area contributed by atoms with E-state index in [4.69, 9.17) is 33.7 Å². The molecule has 3 rings (SSSR count). The number of hydrogen-bond acceptors (Lipinski definition) is 5. The Morgan fingerprint density at radius 1 is 1.25 bits per heavy atom. The lowest BCUT2D eigenvalue weighted by molar-refractivity contribution is 0.406. The van der Waals surface area contributed by atoms with Crippen LogP contribution in [0, 0.1) is 0 Å². The average molecular weight is 436 g/mol. The highest BCUT2D eigenvalue weighted by atomic mass is 35.5. The van der Waals surface area contributed by atoms with Crippen LogP contribution in [0.3, 0.4) is 0 Å². The highest BCUT2D eigenvalue weighted by Crippen LogP contribution is 2.45. The van der Waals surface area contributed by atoms with Crippen molar-refractivity contribution in [1.29, 1.82) is 0 Å². The molecule has 0 aliphatic rings. The number of methoxy groups -OCH3 is 1. The minimum absolute atomic E-state index is 0.277. The molecule has 1 aromatic heterocycles. The third kappa shape index (κ3) is 4.84. The van der Waals surface area contributed by atoms with Crippen LogP contribution in [0.15, 0.2) is 52.4 Å². The van der Waals surface area contributed by atoms with Crippen molar-refractivity contribution in [3.63, 3.8) is 0 Å². The lowest BCUT2D eigenvalue weighted by Crippen LogP contribution is -2.17. The first-order chi connectivity index (χ1) is 13.5. The van der Waals surface area contributed by atoms with E-state index in [2.05, 4.69) is 17.2 Å². The number of benzene rings is 2. The third-order valence-electron chi connectivity index (χ3n) is 4.38. The standard InChI is InChI=1S/C21H23Cl2N3OS/c1-13(5-3-9-24)26-17-12-18(27-2)21(15-6-4-10-25-20(15)17)28-19-11-14(22)7-8-16(19)23/h4,6-8,10-13,26H,3,5,9,24H2,1-2H3. The number of anilines is 1. The largest absolute Gasteiger partial charge is 0.495 e. The number of nitrogens with one attached hydrogen (secondary N) is 1. The summed E-state index contributed by atoms with van der Waals surface area (Å²) in [5, 5.41) is 5.83. The molecule has 0 amide bonds. The molecule has 0 radical (unpaired) electrons. The van der Waals surface area contributed by atoms with Gasteiger partial charge in [0.15, 0.2) is 0 Å². The molecule has 0 aliphatic carbocycles. The summed E-state index contributed by atoms with van der Waals surface area (Å²) in [6.07, 6.45) is 3.75. The predicted molar refractivity (Wildman–Crippen MR) is 120 cm³/mol. The quantitative estimate of drug-likeness (QED) is 0.438. The smallest absolute Gasteiger partial charge is 0.135 e. The van der Waals surface area contributed by atoms with Gasteiger partial charge in [0.2, 0.25) is 0 Å². The number of hydrogen-bond donors (Lipinski definition) is 2. The van der Waals surface area contributed by atoms with Crippen LogP contribution in [-0.2, 0) is 0 Å². The number of nitrogens with two attached hydrogens (primary N) is 1. The molecule has 7 heteroatoms. The van der Waals surface area contributed by atoms with Crippen LogP contribution in [0.25, 0.3) is 10.9 Å². The monoisotopic (exact) mass is 435 g/mol. The maximum Gasteiger partial charge on any atom is 0.135 e. The van der Waals surface area contributed by atoms with Gasteiger partial charge in [-0.15, -0.1) is 0 Å². The first-order valence-electron chi connectivity index (χ1n) is 9.08. The van der Waals surface area contributed by atoms with Crippen molar-refractivity contribution in [3.05, 3.63) is 52.6 Å². The Morgan fingerprint density at radius 3 is 2.82 bits per heavy atom. The molecule has 148 valence electrons. The molecular weight excluding hydrogens is 413 g/mol. The molecule has 1 heterocycles. The van der Waals surface area contributed by atoms with Crippen LogP contribution in [-0.4, -0.2) is 24.7 Å². The van der Waals surface area contributed by atoms with Crippen LogP contribution in [0.4, 0.5) is 5.69 Å². The molecule has 0 bridgehead atoms. The SMILES string of the molecule is COc1cc(NC(C)CCCN)c2ncccc2c1Sc1cc(Cl)ccc1Cl. The van der Waals surface area contributed by atoms with Gasteiger partial charge in [-0.05, 0) is 56.6 Å². The van der Waals surface area contributed by atoms with E-state index in [0.29, 0.717) is 16.6 Å². The summed E-state index contributed by atoms with van der Waals surface area (Å²) in [6.45, 7) is 2.83. The van der Waals surface area contributed by atoms with Crippen LogP contribution < -0.4 is 15.8 Å². The molecule has 0 saturated heterocycles. The lowest BCUT2D eigenvalue weighted by Gasteiger charge is -2.19. The fraction of sp³-hybridized carbons (Fsp3) is 0.286. The van der Waals surface area contributed by atoms with E-state index in [-0.39, 0.29) is 6.04 Å². The van der Waals surface area contributed by atoms with Crippen molar-refractivity contribution in [2.24, 2.45) is 5.73 Å². The third-order valence-corrected chi connectivity index (χ3v) is 6.23. The molecule has 1 unspecified atom stereocenters. The second-order valence-electron chi connectivity index (χ2n) is 6.51. The zero-order valence-corrected chi connectivity index (χ0v) is 18.2. The van der Waals surface area contributed by atoms with Crippen molar-refractivity contribution in [2.45, 2.75) is 35.6 Å². The van der Waals surface area contributed by atoms with Crippen molar-refractivity contribution in [3.8, 4) is 5.75 Å². The number of ether oxygens (including phenoxy) is 1. The first kappa shape index (κ1) is 21.1. The van der Waals surface area contributed by atoms with Crippen LogP contribution >= 0.6 is 35.0 Å². The highest BCUT2D eigenvalue weighted by molar-refractivity contribution is 7.99. The fourth-order valence-corrected chi connectivity index (χ4v) is 4.55. The molecule has 0 spiro atoms. The van der Waals surface area contributed by atoms with Gasteiger partial charge in [0.1, 0.15) is 5.75 Å². The van der Waals surface area contributed by atoms with Gasteiger partial charge >= 0.3 is 0 Å². The number of nitrogens with zero attached hydrogens (tertiary/aromatic N) is 1. The molecule has 4 nitrogen and oxygen atoms in total. The Morgan fingerprint density at radius 2 is 2.07 bits per heavy atom. The second-order valence-corrected chi connectivity index (χ2v) is 8.40. The minimum Gasteiger partial charge on any atom is -0.495 e. The van der Waals surface area contributed by atoms with E-state index in [9.17, 15) is 0 Å². The summed E-state index contributed by atoms with van der Waals surface area (Å²) < 4.78 is 5.71. The van der Waals surface area contributed by atoms with E-state index in [1.54, 1.807) is 25.4 Å². The highest BCUT2D eigenvalue weighted by Gasteiger charge is 2.17.